The summed E-state index contributed by atoms with van der Waals surface area (Å²) in [7, 11) is 0. The molecule has 1 unspecified atom stereocenters. The fraction of sp³-hybridized carbons (Fsp3) is 0.588. The summed E-state index contributed by atoms with van der Waals surface area (Å²) in [6.45, 7) is 12.3. The van der Waals surface area contributed by atoms with Crippen LogP contribution in [0.4, 0.5) is 24.8 Å². The maximum atomic E-state index is 14.7. The van der Waals surface area contributed by atoms with Gasteiger partial charge in [0, 0.05) is 36.9 Å². The highest BCUT2D eigenvalue weighted by molar-refractivity contribution is 6.49. The number of alkyl halides is 3. The molecule has 3 aliphatic heterocycles. The predicted molar refractivity (Wildman–Crippen MR) is 175 cm³/mol. The molecule has 2 aromatic heterocycles. The number of allylic oxidation sites excluding steroid dienone is 3. The zero-order valence-electron chi connectivity index (χ0n) is 27.2. The van der Waals surface area contributed by atoms with Crippen molar-refractivity contribution in [2.75, 3.05) is 56.6 Å². The number of hydrogen-bond acceptors (Lipinski definition) is 9. The fourth-order valence-electron chi connectivity index (χ4n) is 7.35. The molecule has 2 aromatic rings. The van der Waals surface area contributed by atoms with Crippen LogP contribution in [0.15, 0.2) is 17.1 Å². The van der Waals surface area contributed by atoms with Crippen LogP contribution in [0, 0.1) is 6.92 Å². The van der Waals surface area contributed by atoms with E-state index < -0.39 is 11.7 Å². The summed E-state index contributed by atoms with van der Waals surface area (Å²) in [6, 6.07) is 1.31. The molecule has 0 bridgehead atoms. The number of aliphatic imine (C=N–C) groups is 1. The second kappa shape index (κ2) is 12.9. The molecule has 12 heteroatoms. The molecule has 0 saturated carbocycles. The zero-order chi connectivity index (χ0) is 32.6. The fourth-order valence-corrected chi connectivity index (χ4v) is 7.35. The molecule has 5 heterocycles. The van der Waals surface area contributed by atoms with Gasteiger partial charge in [0.05, 0.1) is 40.4 Å². The maximum Gasteiger partial charge on any atom is 0.418 e. The molecule has 46 heavy (non-hydrogen) atoms. The van der Waals surface area contributed by atoms with Crippen molar-refractivity contribution < 1.29 is 22.6 Å². The summed E-state index contributed by atoms with van der Waals surface area (Å²) in [5.41, 5.74) is 7.48. The van der Waals surface area contributed by atoms with Crippen molar-refractivity contribution in [3.63, 3.8) is 0 Å². The molecule has 0 radical (unpaired) electrons. The number of hydrogen-bond donors (Lipinski definition) is 1. The van der Waals surface area contributed by atoms with Gasteiger partial charge in [-0.3, -0.25) is 9.89 Å². The molecule has 4 aliphatic rings. The Balaban J connectivity index is 1.57. The van der Waals surface area contributed by atoms with E-state index in [9.17, 15) is 13.2 Å². The Hall–Kier alpha value is -3.51. The molecule has 0 amide bonds. The molecule has 6 rings (SSSR count). The number of aryl methyl sites for hydroxylation is 1. The Labute approximate surface area is 268 Å². The lowest BCUT2D eigenvalue weighted by Crippen LogP contribution is -2.43. The third kappa shape index (κ3) is 6.13. The van der Waals surface area contributed by atoms with Gasteiger partial charge in [-0.15, -0.1) is 0 Å². The lowest BCUT2D eigenvalue weighted by molar-refractivity contribution is -0.138. The van der Waals surface area contributed by atoms with Gasteiger partial charge in [0.25, 0.3) is 0 Å². The first-order valence-electron chi connectivity index (χ1n) is 16.5. The summed E-state index contributed by atoms with van der Waals surface area (Å²) in [6.07, 6.45) is 4.81. The van der Waals surface area contributed by atoms with E-state index in [0.29, 0.717) is 62.1 Å². The van der Waals surface area contributed by atoms with Crippen molar-refractivity contribution in [1.29, 1.82) is 0 Å². The molecule has 0 aromatic carbocycles. The minimum absolute atomic E-state index is 0.000480. The number of halogens is 3. The largest absolute Gasteiger partial charge is 0.461 e. The first-order chi connectivity index (χ1) is 22.0. The molecule has 2 N–H and O–H groups in total. The normalized spacial score (nSPS) is 22.5. The highest BCUT2D eigenvalue weighted by Crippen LogP contribution is 2.45. The minimum atomic E-state index is -4.66. The minimum Gasteiger partial charge on any atom is -0.461 e. The molecular formula is C34H44F3N7O2. The van der Waals surface area contributed by atoms with Crippen LogP contribution in [-0.2, 0) is 10.9 Å². The Kier molecular flexibility index (Phi) is 9.13. The van der Waals surface area contributed by atoms with Crippen molar-refractivity contribution >= 4 is 34.6 Å². The van der Waals surface area contributed by atoms with Gasteiger partial charge in [-0.2, -0.15) is 23.1 Å². The van der Waals surface area contributed by atoms with Crippen LogP contribution in [0.2, 0.25) is 0 Å². The second-order valence-corrected chi connectivity index (χ2v) is 12.8. The van der Waals surface area contributed by atoms with Crippen molar-refractivity contribution in [3.8, 4) is 6.01 Å². The van der Waals surface area contributed by atoms with Crippen molar-refractivity contribution in [2.45, 2.75) is 84.0 Å². The molecule has 1 aliphatic carbocycles. The van der Waals surface area contributed by atoms with E-state index >= 15 is 0 Å². The van der Waals surface area contributed by atoms with Crippen molar-refractivity contribution in [3.05, 3.63) is 40.2 Å². The van der Waals surface area contributed by atoms with Gasteiger partial charge < -0.3 is 20.1 Å². The van der Waals surface area contributed by atoms with Gasteiger partial charge in [0.1, 0.15) is 18.2 Å². The van der Waals surface area contributed by atoms with E-state index in [2.05, 4.69) is 14.8 Å². The van der Waals surface area contributed by atoms with E-state index in [-0.39, 0.29) is 40.2 Å². The van der Waals surface area contributed by atoms with E-state index in [1.54, 1.807) is 6.08 Å². The van der Waals surface area contributed by atoms with E-state index in [0.717, 1.165) is 50.8 Å². The lowest BCUT2D eigenvalue weighted by Gasteiger charge is -2.32. The van der Waals surface area contributed by atoms with Crippen LogP contribution in [0.5, 0.6) is 6.01 Å². The maximum absolute atomic E-state index is 14.7. The average molecular weight is 640 g/mol. The van der Waals surface area contributed by atoms with Gasteiger partial charge in [0.2, 0.25) is 0 Å². The molecule has 9 nitrogen and oxygen atoms in total. The van der Waals surface area contributed by atoms with E-state index in [1.807, 2.05) is 26.8 Å². The molecule has 248 valence electrons. The number of nitrogens with two attached hydrogens (primary N) is 1. The number of anilines is 2. The summed E-state index contributed by atoms with van der Waals surface area (Å²) >= 11 is 0. The highest BCUT2D eigenvalue weighted by Gasteiger charge is 2.45. The smallest absolute Gasteiger partial charge is 0.418 e. The predicted octanol–water partition coefficient (Wildman–Crippen LogP) is 6.21. The van der Waals surface area contributed by atoms with Crippen molar-refractivity contribution in [1.82, 2.24) is 19.9 Å². The summed E-state index contributed by atoms with van der Waals surface area (Å²) < 4.78 is 56.2. The van der Waals surface area contributed by atoms with Crippen LogP contribution in [0.25, 0.3) is 17.2 Å². The molecular weight excluding hydrogens is 595 g/mol. The lowest BCUT2D eigenvalue weighted by atomic mass is 9.84. The van der Waals surface area contributed by atoms with Gasteiger partial charge in [0.15, 0.2) is 0 Å². The highest BCUT2D eigenvalue weighted by atomic mass is 19.4. The standard InChI is InChI=1S/C34H44F3N7O2/c1-5-22(4)39-29-23(6-2)27-25(19-24(29)30-28(34(35,36)37)21(3)18-26(38)41-30)40-32(42-31(27)43-12-9-16-45-17-15-43)46-20-33-10-7-13-44(33)14-8-11-33/h6,18-19,22H,5,7-17,20H2,1-4H3,(H2,38,41)/b23-6-,39-29?. The number of nitrogens with zero attached hydrogens (tertiary/aromatic N) is 6. The Bertz CT molecular complexity index is 1550. The SMILES string of the molecule is C/C=C1\C(=NC(C)CC)C(c2nc(N)cc(C)c2C(F)(F)F)=Cc2nc(OCC34CCCN3CCC4)nc(N3CCCOCC3)c21. The first kappa shape index (κ1) is 32.4. The molecule has 0 spiro atoms. The summed E-state index contributed by atoms with van der Waals surface area (Å²) in [5.74, 6) is 0.678. The zero-order valence-corrected chi connectivity index (χ0v) is 27.2. The number of aromatic nitrogens is 3. The van der Waals surface area contributed by atoms with Crippen molar-refractivity contribution in [2.24, 2.45) is 4.99 Å². The topological polar surface area (TPSA) is 102 Å². The number of pyridine rings is 1. The molecule has 3 saturated heterocycles. The Morgan fingerprint density at radius 3 is 2.57 bits per heavy atom. The van der Waals surface area contributed by atoms with Crippen LogP contribution >= 0.6 is 0 Å². The van der Waals surface area contributed by atoms with Gasteiger partial charge in [-0.25, -0.2) is 4.98 Å². The Morgan fingerprint density at radius 1 is 1.11 bits per heavy atom. The number of nitrogen functional groups attached to an aromatic ring is 1. The van der Waals surface area contributed by atoms with Crippen LogP contribution < -0.4 is 15.4 Å². The average Bonchev–Trinajstić information content (AvgIpc) is 3.47. The van der Waals surface area contributed by atoms with Gasteiger partial charge in [-0.1, -0.05) is 13.0 Å². The van der Waals surface area contributed by atoms with Crippen LogP contribution in [0.1, 0.15) is 87.4 Å². The first-order valence-corrected chi connectivity index (χ1v) is 16.5. The monoisotopic (exact) mass is 639 g/mol. The Morgan fingerprint density at radius 2 is 1.87 bits per heavy atom. The number of fused-ring (bicyclic) bond motifs is 2. The third-order valence-corrected chi connectivity index (χ3v) is 9.76. The second-order valence-electron chi connectivity index (χ2n) is 12.8. The number of rotatable bonds is 7. The van der Waals surface area contributed by atoms with Gasteiger partial charge in [-0.05, 0) is 90.1 Å². The number of ether oxygens (including phenoxy) is 2. The molecule has 1 atom stereocenters. The summed E-state index contributed by atoms with van der Waals surface area (Å²) in [4.78, 5) is 23.9. The van der Waals surface area contributed by atoms with Gasteiger partial charge >= 0.3 is 12.2 Å². The molecule has 3 fully saturated rings. The van der Waals surface area contributed by atoms with Crippen LogP contribution in [-0.4, -0.2) is 83.1 Å². The van der Waals surface area contributed by atoms with E-state index in [1.165, 1.54) is 13.0 Å². The quantitative estimate of drug-likeness (QED) is 0.382. The van der Waals surface area contributed by atoms with E-state index in [4.69, 9.17) is 30.2 Å². The van der Waals surface area contributed by atoms with Crippen LogP contribution in [0.3, 0.4) is 0 Å². The summed E-state index contributed by atoms with van der Waals surface area (Å²) in [5, 5.41) is 0. The third-order valence-electron chi connectivity index (χ3n) is 9.76.